The Morgan fingerprint density at radius 1 is 1.00 bits per heavy atom. The maximum atomic E-state index is 14.6. The fraction of sp³-hybridized carbons (Fsp3) is 0.150. The summed E-state index contributed by atoms with van der Waals surface area (Å²) in [6.45, 7) is 1.91. The first kappa shape index (κ1) is 17.2. The molecule has 0 saturated heterocycles. The summed E-state index contributed by atoms with van der Waals surface area (Å²) in [6.07, 6.45) is 2.30. The van der Waals surface area contributed by atoms with Gasteiger partial charge in [-0.2, -0.15) is 0 Å². The highest BCUT2D eigenvalue weighted by Crippen LogP contribution is 2.57. The van der Waals surface area contributed by atoms with E-state index in [1.165, 1.54) is 0 Å². The quantitative estimate of drug-likeness (QED) is 0.300. The molecule has 2 aromatic carbocycles. The molecule has 1 aromatic heterocycles. The molecule has 5 heteroatoms. The number of hydrogen-bond donors (Lipinski definition) is 2. The largest absolute Gasteiger partial charge is 0.411 e. The van der Waals surface area contributed by atoms with Gasteiger partial charge in [0, 0.05) is 22.5 Å². The standard InChI is InChI=1S/C20H21N2O2P/c1-2-18(22-23)20(19-14-9-15-21-19)25(24,16-10-5-3-6-11-16)17-12-7-4-8-13-17/h3-15,20-21,23H,2H2,1H3/b22-18-. The first-order valence-corrected chi connectivity index (χ1v) is 10.0. The predicted molar refractivity (Wildman–Crippen MR) is 103 cm³/mol. The molecule has 0 radical (unpaired) electrons. The molecule has 1 heterocycles. The van der Waals surface area contributed by atoms with Crippen LogP contribution in [0.1, 0.15) is 24.7 Å². The molecule has 1 unspecified atom stereocenters. The van der Waals surface area contributed by atoms with Gasteiger partial charge in [0.2, 0.25) is 0 Å². The first-order valence-electron chi connectivity index (χ1n) is 8.26. The first-order chi connectivity index (χ1) is 12.2. The number of nitrogens with zero attached hydrogens (tertiary/aromatic N) is 1. The highest BCUT2D eigenvalue weighted by Gasteiger charge is 2.41. The van der Waals surface area contributed by atoms with E-state index in [2.05, 4.69) is 10.1 Å². The number of oxime groups is 1. The molecule has 1 atom stereocenters. The van der Waals surface area contributed by atoms with E-state index in [1.807, 2.05) is 79.7 Å². The summed E-state index contributed by atoms with van der Waals surface area (Å²) in [6, 6.07) is 22.7. The molecule has 0 spiro atoms. The third-order valence-corrected chi connectivity index (χ3v) is 7.80. The van der Waals surface area contributed by atoms with E-state index in [-0.39, 0.29) is 0 Å². The van der Waals surface area contributed by atoms with Crippen molar-refractivity contribution >= 4 is 23.5 Å². The Balaban J connectivity index is 2.31. The van der Waals surface area contributed by atoms with Gasteiger partial charge in [0.15, 0.2) is 7.14 Å². The summed E-state index contributed by atoms with van der Waals surface area (Å²) in [4.78, 5) is 3.17. The lowest BCUT2D eigenvalue weighted by atomic mass is 10.1. The molecule has 0 saturated carbocycles. The van der Waals surface area contributed by atoms with E-state index in [0.29, 0.717) is 12.1 Å². The number of nitrogens with one attached hydrogen (secondary N) is 1. The van der Waals surface area contributed by atoms with Gasteiger partial charge in [-0.25, -0.2) is 0 Å². The van der Waals surface area contributed by atoms with Crippen LogP contribution in [0.15, 0.2) is 84.1 Å². The lowest BCUT2D eigenvalue weighted by Gasteiger charge is -2.28. The van der Waals surface area contributed by atoms with Gasteiger partial charge in [0.05, 0.1) is 5.71 Å². The fourth-order valence-corrected chi connectivity index (χ4v) is 6.50. The van der Waals surface area contributed by atoms with Gasteiger partial charge in [0.25, 0.3) is 0 Å². The Hall–Kier alpha value is -2.58. The van der Waals surface area contributed by atoms with Crippen LogP contribution in [0.4, 0.5) is 0 Å². The minimum atomic E-state index is -3.13. The maximum Gasteiger partial charge on any atom is 0.157 e. The van der Waals surface area contributed by atoms with E-state index in [4.69, 9.17) is 0 Å². The molecule has 0 aliphatic heterocycles. The van der Waals surface area contributed by atoms with Crippen molar-refractivity contribution in [2.75, 3.05) is 0 Å². The highest BCUT2D eigenvalue weighted by atomic mass is 31.2. The van der Waals surface area contributed by atoms with Crippen molar-refractivity contribution in [2.24, 2.45) is 5.16 Å². The van der Waals surface area contributed by atoms with E-state index < -0.39 is 12.8 Å². The van der Waals surface area contributed by atoms with E-state index in [1.54, 1.807) is 6.20 Å². The smallest absolute Gasteiger partial charge is 0.157 e. The molecule has 0 amide bonds. The molecular weight excluding hydrogens is 331 g/mol. The molecule has 25 heavy (non-hydrogen) atoms. The maximum absolute atomic E-state index is 14.6. The minimum Gasteiger partial charge on any atom is -0.411 e. The van der Waals surface area contributed by atoms with Crippen molar-refractivity contribution in [1.82, 2.24) is 4.98 Å². The number of rotatable bonds is 6. The van der Waals surface area contributed by atoms with Crippen LogP contribution in [-0.2, 0) is 4.57 Å². The summed E-state index contributed by atoms with van der Waals surface area (Å²) in [7, 11) is -3.13. The van der Waals surface area contributed by atoms with Crippen LogP contribution in [0.3, 0.4) is 0 Å². The van der Waals surface area contributed by atoms with Gasteiger partial charge in [-0.05, 0) is 18.6 Å². The van der Waals surface area contributed by atoms with Crippen LogP contribution < -0.4 is 10.6 Å². The number of aromatic nitrogens is 1. The second-order valence-corrected chi connectivity index (χ2v) is 8.67. The second-order valence-electron chi connectivity index (χ2n) is 5.80. The lowest BCUT2D eigenvalue weighted by molar-refractivity contribution is 0.316. The summed E-state index contributed by atoms with van der Waals surface area (Å²) >= 11 is 0. The number of aromatic amines is 1. The zero-order chi connectivity index (χ0) is 17.7. The molecule has 0 fully saturated rings. The van der Waals surface area contributed by atoms with Crippen molar-refractivity contribution in [3.63, 3.8) is 0 Å². The van der Waals surface area contributed by atoms with Gasteiger partial charge in [-0.1, -0.05) is 72.7 Å². The number of benzene rings is 2. The molecule has 0 aliphatic rings. The van der Waals surface area contributed by atoms with Gasteiger partial charge in [-0.3, -0.25) is 0 Å². The Morgan fingerprint density at radius 3 is 1.96 bits per heavy atom. The normalized spacial score (nSPS) is 13.6. The van der Waals surface area contributed by atoms with E-state index in [0.717, 1.165) is 16.3 Å². The van der Waals surface area contributed by atoms with Gasteiger partial charge < -0.3 is 14.8 Å². The lowest BCUT2D eigenvalue weighted by Crippen LogP contribution is -2.26. The Labute approximate surface area is 147 Å². The molecule has 0 bridgehead atoms. The van der Waals surface area contributed by atoms with Crippen molar-refractivity contribution in [2.45, 2.75) is 19.0 Å². The monoisotopic (exact) mass is 352 g/mol. The highest BCUT2D eigenvalue weighted by molar-refractivity contribution is 7.79. The zero-order valence-corrected chi connectivity index (χ0v) is 14.9. The average Bonchev–Trinajstić information content (AvgIpc) is 3.21. The van der Waals surface area contributed by atoms with Crippen LogP contribution in [0, 0.1) is 0 Å². The van der Waals surface area contributed by atoms with E-state index in [9.17, 15) is 9.77 Å². The Morgan fingerprint density at radius 2 is 1.56 bits per heavy atom. The summed E-state index contributed by atoms with van der Waals surface area (Å²) in [5.74, 6) is 0. The predicted octanol–water partition coefficient (Wildman–Crippen LogP) is 4.31. The zero-order valence-electron chi connectivity index (χ0n) is 14.0. The van der Waals surface area contributed by atoms with Gasteiger partial charge in [0.1, 0.15) is 5.66 Å². The second kappa shape index (κ2) is 7.54. The number of H-pyrrole nitrogens is 1. The molecule has 2 N–H and O–H groups in total. The Bertz CT molecular complexity index is 831. The van der Waals surface area contributed by atoms with Gasteiger partial charge >= 0.3 is 0 Å². The third kappa shape index (κ3) is 3.18. The van der Waals surface area contributed by atoms with Crippen molar-refractivity contribution < 1.29 is 9.77 Å². The number of hydrogen-bond acceptors (Lipinski definition) is 3. The van der Waals surface area contributed by atoms with Crippen LogP contribution in [0.2, 0.25) is 0 Å². The third-order valence-electron chi connectivity index (χ3n) is 4.37. The molecule has 0 aliphatic carbocycles. The Kier molecular flexibility index (Phi) is 5.20. The SMILES string of the molecule is CC/C(=N/O)C(c1ccc[nH]1)P(=O)(c1ccccc1)c1ccccc1. The van der Waals surface area contributed by atoms with E-state index >= 15 is 0 Å². The van der Waals surface area contributed by atoms with Crippen molar-refractivity contribution in [3.05, 3.63) is 84.7 Å². The van der Waals surface area contributed by atoms with Crippen LogP contribution >= 0.6 is 7.14 Å². The van der Waals surface area contributed by atoms with Crippen molar-refractivity contribution in [3.8, 4) is 0 Å². The molecule has 128 valence electrons. The summed E-state index contributed by atoms with van der Waals surface area (Å²) in [5, 5.41) is 14.6. The molecule has 4 nitrogen and oxygen atoms in total. The molecule has 3 rings (SSSR count). The molecular formula is C20H21N2O2P. The molecule has 3 aromatic rings. The van der Waals surface area contributed by atoms with Crippen LogP contribution in [0.25, 0.3) is 0 Å². The minimum absolute atomic E-state index is 0.499. The van der Waals surface area contributed by atoms with Crippen LogP contribution in [-0.4, -0.2) is 15.9 Å². The topological polar surface area (TPSA) is 65.5 Å². The van der Waals surface area contributed by atoms with Crippen LogP contribution in [0.5, 0.6) is 0 Å². The summed E-state index contributed by atoms with van der Waals surface area (Å²) < 4.78 is 14.6. The summed E-state index contributed by atoms with van der Waals surface area (Å²) in [5.41, 5.74) is 0.742. The fourth-order valence-electron chi connectivity index (χ4n) is 3.16. The van der Waals surface area contributed by atoms with Gasteiger partial charge in [-0.15, -0.1) is 0 Å². The average molecular weight is 352 g/mol. The van der Waals surface area contributed by atoms with Crippen molar-refractivity contribution in [1.29, 1.82) is 0 Å².